The van der Waals surface area contributed by atoms with Crippen molar-refractivity contribution in [3.8, 4) is 5.75 Å². The molecule has 1 fully saturated rings. The molecular formula is C13H14F2N2O3. The van der Waals surface area contributed by atoms with E-state index in [1.807, 2.05) is 0 Å². The van der Waals surface area contributed by atoms with Crippen molar-refractivity contribution in [2.45, 2.75) is 25.5 Å². The van der Waals surface area contributed by atoms with Gasteiger partial charge in [-0.25, -0.2) is 0 Å². The minimum atomic E-state index is -2.91. The van der Waals surface area contributed by atoms with E-state index >= 15 is 0 Å². The third kappa shape index (κ3) is 4.83. The number of amides is 1. The van der Waals surface area contributed by atoms with Crippen LogP contribution < -0.4 is 10.1 Å². The highest BCUT2D eigenvalue weighted by atomic mass is 19.3. The second-order valence-corrected chi connectivity index (χ2v) is 4.27. The van der Waals surface area contributed by atoms with E-state index in [4.69, 9.17) is 4.84 Å². The molecule has 0 bridgehead atoms. The highest BCUT2D eigenvalue weighted by molar-refractivity contribution is 5.83. The fourth-order valence-corrected chi connectivity index (χ4v) is 1.48. The normalized spacial score (nSPS) is 14.6. The molecule has 1 aromatic rings. The number of hydrogen-bond acceptors (Lipinski definition) is 4. The Morgan fingerprint density at radius 2 is 2.20 bits per heavy atom. The minimum absolute atomic E-state index is 0.00252. The van der Waals surface area contributed by atoms with Gasteiger partial charge in [-0.2, -0.15) is 8.78 Å². The standard InChI is InChI=1S/C13H14F2N2O3/c14-13(15)20-11-4-2-1-3-9(11)7-16-19-8-12(18)17-10-5-6-10/h1-4,7,10,13H,5-6,8H2,(H,17,18)/b16-7+. The van der Waals surface area contributed by atoms with E-state index in [9.17, 15) is 13.6 Å². The molecule has 1 amide bonds. The molecule has 1 aromatic carbocycles. The van der Waals surface area contributed by atoms with Gasteiger partial charge in [0.15, 0.2) is 6.61 Å². The molecule has 1 aliphatic carbocycles. The molecule has 20 heavy (non-hydrogen) atoms. The molecule has 0 heterocycles. The van der Waals surface area contributed by atoms with Crippen LogP contribution in [0, 0.1) is 0 Å². The lowest BCUT2D eigenvalue weighted by atomic mass is 10.2. The van der Waals surface area contributed by atoms with Gasteiger partial charge in [0.05, 0.1) is 6.21 Å². The highest BCUT2D eigenvalue weighted by Crippen LogP contribution is 2.19. The first-order chi connectivity index (χ1) is 9.65. The Kier molecular flexibility index (Phi) is 4.86. The zero-order chi connectivity index (χ0) is 14.4. The van der Waals surface area contributed by atoms with Crippen LogP contribution in [0.25, 0.3) is 0 Å². The first kappa shape index (κ1) is 14.2. The number of halogens is 2. The van der Waals surface area contributed by atoms with Crippen molar-refractivity contribution in [3.63, 3.8) is 0 Å². The van der Waals surface area contributed by atoms with E-state index in [1.165, 1.54) is 12.3 Å². The van der Waals surface area contributed by atoms with E-state index in [-0.39, 0.29) is 24.3 Å². The number of alkyl halides is 2. The van der Waals surface area contributed by atoms with Gasteiger partial charge in [-0.05, 0) is 25.0 Å². The number of oxime groups is 1. The average Bonchev–Trinajstić information content (AvgIpc) is 3.19. The van der Waals surface area contributed by atoms with Gasteiger partial charge in [-0.15, -0.1) is 0 Å². The number of rotatable bonds is 7. The fraction of sp³-hybridized carbons (Fsp3) is 0.385. The Bertz CT molecular complexity index is 490. The predicted molar refractivity (Wildman–Crippen MR) is 67.8 cm³/mol. The van der Waals surface area contributed by atoms with Crippen molar-refractivity contribution in [1.29, 1.82) is 0 Å². The molecule has 0 atom stereocenters. The summed E-state index contributed by atoms with van der Waals surface area (Å²) >= 11 is 0. The first-order valence-corrected chi connectivity index (χ1v) is 6.13. The Labute approximate surface area is 114 Å². The van der Waals surface area contributed by atoms with Gasteiger partial charge in [0.2, 0.25) is 0 Å². The molecule has 1 saturated carbocycles. The van der Waals surface area contributed by atoms with E-state index in [1.54, 1.807) is 18.2 Å². The maximum absolute atomic E-state index is 12.2. The lowest BCUT2D eigenvalue weighted by molar-refractivity contribution is -0.125. The second-order valence-electron chi connectivity index (χ2n) is 4.27. The van der Waals surface area contributed by atoms with Crippen molar-refractivity contribution in [2.24, 2.45) is 5.16 Å². The van der Waals surface area contributed by atoms with Gasteiger partial charge >= 0.3 is 6.61 Å². The molecular weight excluding hydrogens is 270 g/mol. The van der Waals surface area contributed by atoms with E-state index in [0.29, 0.717) is 5.56 Å². The summed E-state index contributed by atoms with van der Waals surface area (Å²) in [6.07, 6.45) is 3.21. The van der Waals surface area contributed by atoms with Crippen molar-refractivity contribution < 1.29 is 23.1 Å². The number of carbonyl (C=O) groups excluding carboxylic acids is 1. The molecule has 0 unspecified atom stereocenters. The van der Waals surface area contributed by atoms with Gasteiger partial charge < -0.3 is 14.9 Å². The molecule has 1 aliphatic rings. The number of carbonyl (C=O) groups is 1. The molecule has 0 aliphatic heterocycles. The minimum Gasteiger partial charge on any atom is -0.434 e. The van der Waals surface area contributed by atoms with Gasteiger partial charge in [0, 0.05) is 11.6 Å². The highest BCUT2D eigenvalue weighted by Gasteiger charge is 2.23. The molecule has 0 spiro atoms. The second kappa shape index (κ2) is 6.83. The summed E-state index contributed by atoms with van der Waals surface area (Å²) in [6.45, 7) is -3.11. The quantitative estimate of drug-likeness (QED) is 0.614. The van der Waals surface area contributed by atoms with Crippen LogP contribution in [0.15, 0.2) is 29.4 Å². The van der Waals surface area contributed by atoms with Crippen LogP contribution in [-0.4, -0.2) is 31.4 Å². The molecule has 5 nitrogen and oxygen atoms in total. The molecule has 0 aromatic heterocycles. The van der Waals surface area contributed by atoms with E-state index in [2.05, 4.69) is 15.2 Å². The third-order valence-corrected chi connectivity index (χ3v) is 2.54. The number of para-hydroxylation sites is 1. The SMILES string of the molecule is O=C(CO/N=C/c1ccccc1OC(F)F)NC1CC1. The Balaban J connectivity index is 1.82. The Morgan fingerprint density at radius 1 is 1.45 bits per heavy atom. The fourth-order valence-electron chi connectivity index (χ4n) is 1.48. The van der Waals surface area contributed by atoms with Gasteiger partial charge in [-0.1, -0.05) is 17.3 Å². The van der Waals surface area contributed by atoms with Crippen molar-refractivity contribution >= 4 is 12.1 Å². The summed E-state index contributed by atoms with van der Waals surface area (Å²) in [4.78, 5) is 16.1. The Morgan fingerprint density at radius 3 is 2.90 bits per heavy atom. The van der Waals surface area contributed by atoms with Gasteiger partial charge in [-0.3, -0.25) is 4.79 Å². The van der Waals surface area contributed by atoms with Crippen LogP contribution in [0.5, 0.6) is 5.75 Å². The number of benzene rings is 1. The van der Waals surface area contributed by atoms with Crippen LogP contribution in [-0.2, 0) is 9.63 Å². The zero-order valence-electron chi connectivity index (χ0n) is 10.6. The summed E-state index contributed by atoms with van der Waals surface area (Å²) in [5.41, 5.74) is 0.343. The molecule has 108 valence electrons. The van der Waals surface area contributed by atoms with Crippen LogP contribution in [0.3, 0.4) is 0 Å². The number of hydrogen-bond donors (Lipinski definition) is 1. The van der Waals surface area contributed by atoms with Crippen molar-refractivity contribution in [3.05, 3.63) is 29.8 Å². The number of ether oxygens (including phenoxy) is 1. The summed E-state index contributed by atoms with van der Waals surface area (Å²) in [7, 11) is 0. The van der Waals surface area contributed by atoms with E-state index in [0.717, 1.165) is 12.8 Å². The summed E-state index contributed by atoms with van der Waals surface area (Å²) in [5, 5.41) is 6.29. The van der Waals surface area contributed by atoms with Gasteiger partial charge in [0.1, 0.15) is 5.75 Å². The van der Waals surface area contributed by atoms with Crippen LogP contribution in [0.2, 0.25) is 0 Å². The van der Waals surface area contributed by atoms with Gasteiger partial charge in [0.25, 0.3) is 5.91 Å². The molecule has 7 heteroatoms. The topological polar surface area (TPSA) is 59.9 Å². The molecule has 0 radical (unpaired) electrons. The van der Waals surface area contributed by atoms with Crippen LogP contribution in [0.1, 0.15) is 18.4 Å². The molecule has 2 rings (SSSR count). The molecule has 0 saturated heterocycles. The third-order valence-electron chi connectivity index (χ3n) is 2.54. The van der Waals surface area contributed by atoms with Crippen molar-refractivity contribution in [1.82, 2.24) is 5.32 Å². The van der Waals surface area contributed by atoms with E-state index < -0.39 is 6.61 Å². The maximum Gasteiger partial charge on any atom is 0.387 e. The first-order valence-electron chi connectivity index (χ1n) is 6.13. The lowest BCUT2D eigenvalue weighted by Crippen LogP contribution is -2.28. The summed E-state index contributed by atoms with van der Waals surface area (Å²) < 4.78 is 28.7. The Hall–Kier alpha value is -2.18. The number of nitrogens with one attached hydrogen (secondary N) is 1. The average molecular weight is 284 g/mol. The monoisotopic (exact) mass is 284 g/mol. The summed E-state index contributed by atoms with van der Waals surface area (Å²) in [5.74, 6) is -0.251. The smallest absolute Gasteiger partial charge is 0.387 e. The predicted octanol–water partition coefficient (Wildman–Crippen LogP) is 1.92. The van der Waals surface area contributed by atoms with Crippen LogP contribution >= 0.6 is 0 Å². The maximum atomic E-state index is 12.2. The molecule has 1 N–H and O–H groups in total. The lowest BCUT2D eigenvalue weighted by Gasteiger charge is -2.06. The zero-order valence-corrected chi connectivity index (χ0v) is 10.6. The largest absolute Gasteiger partial charge is 0.434 e. The summed E-state index contributed by atoms with van der Waals surface area (Å²) in [6, 6.07) is 6.43. The van der Waals surface area contributed by atoms with Crippen LogP contribution in [0.4, 0.5) is 8.78 Å². The van der Waals surface area contributed by atoms with Crippen molar-refractivity contribution in [2.75, 3.05) is 6.61 Å². The number of nitrogens with zero attached hydrogens (tertiary/aromatic N) is 1.